The number of aliphatic hydroxyl groups is 2. The van der Waals surface area contributed by atoms with E-state index >= 15 is 0 Å². The van der Waals surface area contributed by atoms with Crippen molar-refractivity contribution in [1.29, 1.82) is 0 Å². The first-order valence-electron chi connectivity index (χ1n) is 5.31. The minimum Gasteiger partial charge on any atom is -0.480 e. The van der Waals surface area contributed by atoms with Gasteiger partial charge in [-0.1, -0.05) is 6.92 Å². The summed E-state index contributed by atoms with van der Waals surface area (Å²) in [4.78, 5) is 10.3. The predicted molar refractivity (Wildman–Crippen MR) is 55.3 cm³/mol. The van der Waals surface area contributed by atoms with Crippen LogP contribution < -0.4 is 0 Å². The number of ether oxygens (including phenoxy) is 3. The first-order valence-corrected chi connectivity index (χ1v) is 5.31. The summed E-state index contributed by atoms with van der Waals surface area (Å²) in [5.74, 6) is -1.44. The van der Waals surface area contributed by atoms with Gasteiger partial charge < -0.3 is 29.5 Å². The molecule has 1 saturated heterocycles. The van der Waals surface area contributed by atoms with Gasteiger partial charge in [-0.3, -0.25) is 0 Å². The maximum atomic E-state index is 10.3. The van der Waals surface area contributed by atoms with Gasteiger partial charge in [0.05, 0.1) is 18.8 Å². The Morgan fingerprint density at radius 3 is 2.53 bits per heavy atom. The van der Waals surface area contributed by atoms with E-state index in [2.05, 4.69) is 0 Å². The van der Waals surface area contributed by atoms with Gasteiger partial charge in [-0.15, -0.1) is 0 Å². The van der Waals surface area contributed by atoms with Crippen LogP contribution in [-0.4, -0.2) is 66.2 Å². The standard InChI is InChI=1S/C10H18O7/c1-5-6(3-16-4-7(11)12)17-10(15-2)9(14)8(5)13/h5-6,8-10,13-14H,3-4H2,1-2H3,(H,11,12)/t5-,6-,8+,9-,10-/m1/s1. The van der Waals surface area contributed by atoms with Crippen molar-refractivity contribution in [3.63, 3.8) is 0 Å². The van der Waals surface area contributed by atoms with Gasteiger partial charge >= 0.3 is 5.97 Å². The summed E-state index contributed by atoms with van der Waals surface area (Å²) in [7, 11) is 1.35. The fraction of sp³-hybridized carbons (Fsp3) is 0.900. The van der Waals surface area contributed by atoms with E-state index in [0.717, 1.165) is 0 Å². The summed E-state index contributed by atoms with van der Waals surface area (Å²) in [6.45, 7) is 1.29. The van der Waals surface area contributed by atoms with Crippen LogP contribution in [-0.2, 0) is 19.0 Å². The highest BCUT2D eigenvalue weighted by atomic mass is 16.7. The molecule has 3 N–H and O–H groups in total. The van der Waals surface area contributed by atoms with Crippen molar-refractivity contribution < 1.29 is 34.3 Å². The Bertz CT molecular complexity index is 255. The van der Waals surface area contributed by atoms with Crippen molar-refractivity contribution in [2.75, 3.05) is 20.3 Å². The molecule has 0 aromatic heterocycles. The molecule has 0 spiro atoms. The van der Waals surface area contributed by atoms with Crippen LogP contribution in [0.1, 0.15) is 6.92 Å². The van der Waals surface area contributed by atoms with Gasteiger partial charge in [0.25, 0.3) is 0 Å². The Hall–Kier alpha value is -0.730. The minimum absolute atomic E-state index is 0.0249. The van der Waals surface area contributed by atoms with E-state index in [1.165, 1.54) is 7.11 Å². The van der Waals surface area contributed by atoms with Crippen molar-refractivity contribution in [2.24, 2.45) is 5.92 Å². The molecule has 0 amide bonds. The highest BCUT2D eigenvalue weighted by Gasteiger charge is 2.42. The van der Waals surface area contributed by atoms with Crippen molar-refractivity contribution in [2.45, 2.75) is 31.5 Å². The molecule has 0 saturated carbocycles. The number of carboxylic acids is 1. The summed E-state index contributed by atoms with van der Waals surface area (Å²) in [6, 6.07) is 0. The third kappa shape index (κ3) is 3.62. The minimum atomic E-state index is -1.12. The van der Waals surface area contributed by atoms with E-state index < -0.39 is 37.2 Å². The summed E-state index contributed by atoms with van der Waals surface area (Å²) in [5.41, 5.74) is 0. The maximum absolute atomic E-state index is 10.3. The van der Waals surface area contributed by atoms with Crippen LogP contribution >= 0.6 is 0 Å². The molecule has 1 heterocycles. The zero-order valence-corrected chi connectivity index (χ0v) is 9.78. The summed E-state index contributed by atoms with van der Waals surface area (Å²) in [6.07, 6.45) is -3.56. The Morgan fingerprint density at radius 1 is 1.35 bits per heavy atom. The average Bonchev–Trinajstić information content (AvgIpc) is 2.29. The SMILES string of the molecule is CO[C@@H]1O[C@H](COCC(=O)O)[C@@H](C)[C@H](O)[C@H]1O. The quantitative estimate of drug-likeness (QED) is 0.563. The monoisotopic (exact) mass is 250 g/mol. The van der Waals surface area contributed by atoms with E-state index in [9.17, 15) is 15.0 Å². The Morgan fingerprint density at radius 2 is 2.00 bits per heavy atom. The number of rotatable bonds is 5. The van der Waals surface area contributed by atoms with Crippen LogP contribution in [0.5, 0.6) is 0 Å². The number of hydrogen-bond acceptors (Lipinski definition) is 6. The number of hydrogen-bond donors (Lipinski definition) is 3. The molecule has 7 heteroatoms. The van der Waals surface area contributed by atoms with Crippen LogP contribution in [0.25, 0.3) is 0 Å². The highest BCUT2D eigenvalue weighted by molar-refractivity contribution is 5.67. The molecular weight excluding hydrogens is 232 g/mol. The molecule has 7 nitrogen and oxygen atoms in total. The Balaban J connectivity index is 2.50. The lowest BCUT2D eigenvalue weighted by Crippen LogP contribution is -2.55. The third-order valence-corrected chi connectivity index (χ3v) is 2.80. The van der Waals surface area contributed by atoms with Gasteiger partial charge in [-0.25, -0.2) is 4.79 Å². The number of carbonyl (C=O) groups is 1. The zero-order chi connectivity index (χ0) is 13.0. The molecule has 5 atom stereocenters. The normalized spacial score (nSPS) is 38.0. The first-order chi connectivity index (χ1) is 7.97. The molecule has 1 rings (SSSR count). The molecule has 0 aromatic carbocycles. The second-order valence-corrected chi connectivity index (χ2v) is 4.03. The van der Waals surface area contributed by atoms with Gasteiger partial charge in [0, 0.05) is 13.0 Å². The predicted octanol–water partition coefficient (Wildman–Crippen LogP) is -1.18. The number of carboxylic acid groups (broad SMARTS) is 1. The fourth-order valence-corrected chi connectivity index (χ4v) is 1.72. The van der Waals surface area contributed by atoms with Gasteiger partial charge in [-0.05, 0) is 0 Å². The summed E-state index contributed by atoms with van der Waals surface area (Å²) >= 11 is 0. The van der Waals surface area contributed by atoms with Gasteiger partial charge in [-0.2, -0.15) is 0 Å². The molecule has 17 heavy (non-hydrogen) atoms. The first kappa shape index (κ1) is 14.3. The second kappa shape index (κ2) is 6.27. The second-order valence-electron chi connectivity index (χ2n) is 4.03. The van der Waals surface area contributed by atoms with Gasteiger partial charge in [0.15, 0.2) is 6.29 Å². The molecular formula is C10H18O7. The molecule has 0 aromatic rings. The highest BCUT2D eigenvalue weighted by Crippen LogP contribution is 2.26. The molecule has 0 bridgehead atoms. The molecule has 1 fully saturated rings. The zero-order valence-electron chi connectivity index (χ0n) is 9.78. The number of aliphatic carboxylic acids is 1. The molecule has 0 aliphatic carbocycles. The van der Waals surface area contributed by atoms with Crippen LogP contribution in [0.2, 0.25) is 0 Å². The average molecular weight is 250 g/mol. The van der Waals surface area contributed by atoms with Crippen molar-refractivity contribution >= 4 is 5.97 Å². The van der Waals surface area contributed by atoms with Crippen LogP contribution in [0, 0.1) is 5.92 Å². The van der Waals surface area contributed by atoms with E-state index in [4.69, 9.17) is 19.3 Å². The summed E-state index contributed by atoms with van der Waals surface area (Å²) in [5, 5.41) is 27.8. The lowest BCUT2D eigenvalue weighted by molar-refractivity contribution is -0.282. The number of methoxy groups -OCH3 is 1. The topological polar surface area (TPSA) is 105 Å². The van der Waals surface area contributed by atoms with Gasteiger partial charge in [0.2, 0.25) is 0 Å². The molecule has 100 valence electrons. The van der Waals surface area contributed by atoms with Crippen molar-refractivity contribution in [1.82, 2.24) is 0 Å². The summed E-state index contributed by atoms with van der Waals surface area (Å²) < 4.78 is 15.1. The van der Waals surface area contributed by atoms with Crippen LogP contribution in [0.4, 0.5) is 0 Å². The van der Waals surface area contributed by atoms with Gasteiger partial charge in [0.1, 0.15) is 12.7 Å². The Labute approximate surface area is 98.9 Å². The van der Waals surface area contributed by atoms with E-state index in [0.29, 0.717) is 0 Å². The molecule has 1 aliphatic heterocycles. The molecule has 1 aliphatic rings. The van der Waals surface area contributed by atoms with Crippen molar-refractivity contribution in [3.8, 4) is 0 Å². The maximum Gasteiger partial charge on any atom is 0.329 e. The fourth-order valence-electron chi connectivity index (χ4n) is 1.72. The van der Waals surface area contributed by atoms with Crippen LogP contribution in [0.15, 0.2) is 0 Å². The lowest BCUT2D eigenvalue weighted by Gasteiger charge is -2.40. The van der Waals surface area contributed by atoms with Crippen LogP contribution in [0.3, 0.4) is 0 Å². The smallest absolute Gasteiger partial charge is 0.329 e. The van der Waals surface area contributed by atoms with E-state index in [-0.39, 0.29) is 12.5 Å². The molecule has 0 unspecified atom stereocenters. The lowest BCUT2D eigenvalue weighted by atomic mass is 9.91. The largest absolute Gasteiger partial charge is 0.480 e. The third-order valence-electron chi connectivity index (χ3n) is 2.80. The van der Waals surface area contributed by atoms with E-state index in [1.54, 1.807) is 6.92 Å². The van der Waals surface area contributed by atoms with E-state index in [1.807, 2.05) is 0 Å². The number of aliphatic hydroxyl groups excluding tert-OH is 2. The van der Waals surface area contributed by atoms with Crippen molar-refractivity contribution in [3.05, 3.63) is 0 Å². The molecule has 0 radical (unpaired) electrons. The Kier molecular flexibility index (Phi) is 5.29.